The molecule has 0 fully saturated rings. The first-order valence-electron chi connectivity index (χ1n) is 8.35. The minimum atomic E-state index is 0.882. The van der Waals surface area contributed by atoms with Crippen molar-refractivity contribution in [2.24, 2.45) is 10.1 Å². The highest BCUT2D eigenvalue weighted by molar-refractivity contribution is 7.07. The Kier molecular flexibility index (Phi) is 5.00. The number of benzene rings is 2. The fourth-order valence-electron chi connectivity index (χ4n) is 2.56. The van der Waals surface area contributed by atoms with E-state index in [0.29, 0.717) is 0 Å². The van der Waals surface area contributed by atoms with Gasteiger partial charge in [-0.15, -0.1) is 11.3 Å². The predicted molar refractivity (Wildman–Crippen MR) is 107 cm³/mol. The topological polar surface area (TPSA) is 29.6 Å². The van der Waals surface area contributed by atoms with Gasteiger partial charge in [-0.2, -0.15) is 5.10 Å². The van der Waals surface area contributed by atoms with Crippen LogP contribution in [0.3, 0.4) is 0 Å². The Bertz CT molecular complexity index is 1010. The molecule has 0 saturated heterocycles. The minimum absolute atomic E-state index is 0.882. The van der Waals surface area contributed by atoms with Gasteiger partial charge in [0.15, 0.2) is 0 Å². The van der Waals surface area contributed by atoms with E-state index in [2.05, 4.69) is 76.4 Å². The highest BCUT2D eigenvalue weighted by Gasteiger charge is 2.03. The van der Waals surface area contributed by atoms with E-state index in [1.54, 1.807) is 11.3 Å². The Morgan fingerprint density at radius 1 is 0.880 bits per heavy atom. The van der Waals surface area contributed by atoms with E-state index < -0.39 is 0 Å². The average molecular weight is 350 g/mol. The maximum Gasteiger partial charge on any atom is 0.211 e. The Balaban J connectivity index is 2.05. The molecule has 0 bridgehead atoms. The molecule has 0 aliphatic carbocycles. The fraction of sp³-hybridized carbons (Fsp3) is 0.238. The van der Waals surface area contributed by atoms with E-state index in [1.807, 2.05) is 10.9 Å². The van der Waals surface area contributed by atoms with Crippen LogP contribution in [0, 0.1) is 34.6 Å². The fourth-order valence-corrected chi connectivity index (χ4v) is 3.38. The monoisotopic (exact) mass is 349 g/mol. The summed E-state index contributed by atoms with van der Waals surface area (Å²) < 4.78 is 1.91. The molecule has 3 rings (SSSR count). The van der Waals surface area contributed by atoms with Crippen molar-refractivity contribution >= 4 is 23.2 Å². The summed E-state index contributed by atoms with van der Waals surface area (Å²) in [6, 6.07) is 12.7. The summed E-state index contributed by atoms with van der Waals surface area (Å²) in [6.07, 6.45) is 1.92. The highest BCUT2D eigenvalue weighted by atomic mass is 32.1. The molecule has 25 heavy (non-hydrogen) atoms. The Morgan fingerprint density at radius 2 is 1.56 bits per heavy atom. The second-order valence-electron chi connectivity index (χ2n) is 6.48. The summed E-state index contributed by atoms with van der Waals surface area (Å²) in [7, 11) is 0. The van der Waals surface area contributed by atoms with Crippen molar-refractivity contribution in [3.05, 3.63) is 80.1 Å². The summed E-state index contributed by atoms with van der Waals surface area (Å²) >= 11 is 1.61. The molecule has 2 aromatic carbocycles. The van der Waals surface area contributed by atoms with Crippen LogP contribution in [0.5, 0.6) is 0 Å². The van der Waals surface area contributed by atoms with Crippen molar-refractivity contribution in [2.45, 2.75) is 34.6 Å². The molecule has 3 aromatic rings. The molecule has 0 saturated carbocycles. The lowest BCUT2D eigenvalue weighted by Crippen LogP contribution is -2.11. The first-order valence-corrected chi connectivity index (χ1v) is 9.23. The van der Waals surface area contributed by atoms with Crippen LogP contribution in [0.25, 0.3) is 0 Å². The standard InChI is InChI=1S/C21H23N3S/c1-14-6-8-16(3)19(10-14)12-22-24-18(5)13-25-21(24)23-20-11-15(2)7-9-17(20)4/h6-13H,1-5H3. The maximum atomic E-state index is 4.84. The van der Waals surface area contributed by atoms with E-state index in [-0.39, 0.29) is 0 Å². The van der Waals surface area contributed by atoms with Gasteiger partial charge in [0.25, 0.3) is 0 Å². The van der Waals surface area contributed by atoms with Gasteiger partial charge in [0.2, 0.25) is 4.80 Å². The molecule has 0 radical (unpaired) electrons. The summed E-state index contributed by atoms with van der Waals surface area (Å²) in [5.74, 6) is 0. The van der Waals surface area contributed by atoms with Crippen LogP contribution in [0.2, 0.25) is 0 Å². The molecule has 0 N–H and O–H groups in total. The van der Waals surface area contributed by atoms with Gasteiger partial charge in [-0.1, -0.05) is 35.9 Å². The first kappa shape index (κ1) is 17.4. The quantitative estimate of drug-likeness (QED) is 0.581. The van der Waals surface area contributed by atoms with E-state index in [1.165, 1.54) is 22.3 Å². The lowest BCUT2D eigenvalue weighted by Gasteiger charge is -2.03. The van der Waals surface area contributed by atoms with Gasteiger partial charge in [0, 0.05) is 5.38 Å². The van der Waals surface area contributed by atoms with Crippen LogP contribution in [0.4, 0.5) is 5.69 Å². The van der Waals surface area contributed by atoms with Gasteiger partial charge < -0.3 is 0 Å². The minimum Gasteiger partial charge on any atom is -0.219 e. The van der Waals surface area contributed by atoms with Gasteiger partial charge in [-0.25, -0.2) is 9.67 Å². The molecule has 0 amide bonds. The molecule has 0 aliphatic heterocycles. The number of aryl methyl sites for hydroxylation is 5. The maximum absolute atomic E-state index is 4.84. The second kappa shape index (κ2) is 7.19. The summed E-state index contributed by atoms with van der Waals surface area (Å²) in [5, 5.41) is 6.78. The van der Waals surface area contributed by atoms with Crippen LogP contribution in [-0.4, -0.2) is 10.9 Å². The number of aromatic nitrogens is 1. The summed E-state index contributed by atoms with van der Waals surface area (Å²) in [4.78, 5) is 5.72. The van der Waals surface area contributed by atoms with Gasteiger partial charge in [0.1, 0.15) is 0 Å². The van der Waals surface area contributed by atoms with E-state index >= 15 is 0 Å². The molecule has 1 aromatic heterocycles. The second-order valence-corrected chi connectivity index (χ2v) is 7.31. The molecule has 3 nitrogen and oxygen atoms in total. The largest absolute Gasteiger partial charge is 0.219 e. The van der Waals surface area contributed by atoms with Gasteiger partial charge in [0.05, 0.1) is 17.6 Å². The van der Waals surface area contributed by atoms with E-state index in [4.69, 9.17) is 10.1 Å². The average Bonchev–Trinajstić information content (AvgIpc) is 2.92. The number of hydrogen-bond donors (Lipinski definition) is 0. The molecular formula is C21H23N3S. The zero-order chi connectivity index (χ0) is 18.0. The number of thiazole rings is 1. The number of nitrogens with zero attached hydrogens (tertiary/aromatic N) is 3. The Labute approximate surface area is 153 Å². The van der Waals surface area contributed by atoms with Crippen molar-refractivity contribution in [1.29, 1.82) is 0 Å². The number of rotatable bonds is 3. The zero-order valence-corrected chi connectivity index (χ0v) is 16.2. The van der Waals surface area contributed by atoms with Crippen LogP contribution in [0.15, 0.2) is 51.9 Å². The van der Waals surface area contributed by atoms with Crippen molar-refractivity contribution in [2.75, 3.05) is 0 Å². The highest BCUT2D eigenvalue weighted by Crippen LogP contribution is 2.19. The lowest BCUT2D eigenvalue weighted by molar-refractivity contribution is 0.809. The molecule has 0 spiro atoms. The van der Waals surface area contributed by atoms with Crippen molar-refractivity contribution in [3.63, 3.8) is 0 Å². The zero-order valence-electron chi connectivity index (χ0n) is 15.4. The van der Waals surface area contributed by atoms with Crippen LogP contribution in [-0.2, 0) is 0 Å². The molecular weight excluding hydrogens is 326 g/mol. The SMILES string of the molecule is Cc1ccc(C)c(C=Nn2c(C)csc2=Nc2cc(C)ccc2C)c1. The van der Waals surface area contributed by atoms with Crippen molar-refractivity contribution < 1.29 is 0 Å². The van der Waals surface area contributed by atoms with Crippen molar-refractivity contribution in [3.8, 4) is 0 Å². The summed E-state index contributed by atoms with van der Waals surface area (Å²) in [5.41, 5.74) is 8.05. The Morgan fingerprint density at radius 3 is 2.32 bits per heavy atom. The first-order chi connectivity index (χ1) is 11.9. The van der Waals surface area contributed by atoms with Gasteiger partial charge >= 0.3 is 0 Å². The normalized spacial score (nSPS) is 12.3. The number of hydrogen-bond acceptors (Lipinski definition) is 3. The van der Waals surface area contributed by atoms with Gasteiger partial charge in [-0.05, 0) is 62.9 Å². The third kappa shape index (κ3) is 3.97. The van der Waals surface area contributed by atoms with Crippen molar-refractivity contribution in [1.82, 2.24) is 4.68 Å². The molecule has 0 aliphatic rings. The predicted octanol–water partition coefficient (Wildman–Crippen LogP) is 5.21. The Hall–Kier alpha value is -2.46. The van der Waals surface area contributed by atoms with E-state index in [0.717, 1.165) is 21.7 Å². The van der Waals surface area contributed by atoms with Crippen LogP contribution >= 0.6 is 11.3 Å². The molecule has 4 heteroatoms. The van der Waals surface area contributed by atoms with Crippen LogP contribution < -0.4 is 4.80 Å². The molecule has 128 valence electrons. The molecule has 0 atom stereocenters. The van der Waals surface area contributed by atoms with E-state index in [9.17, 15) is 0 Å². The lowest BCUT2D eigenvalue weighted by atomic mass is 10.1. The van der Waals surface area contributed by atoms with Crippen LogP contribution in [0.1, 0.15) is 33.5 Å². The molecule has 1 heterocycles. The smallest absolute Gasteiger partial charge is 0.211 e. The molecule has 0 unspecified atom stereocenters. The third-order valence-corrected chi connectivity index (χ3v) is 5.11. The third-order valence-electron chi connectivity index (χ3n) is 4.18. The van der Waals surface area contributed by atoms with Gasteiger partial charge in [-0.3, -0.25) is 0 Å². The summed E-state index contributed by atoms with van der Waals surface area (Å²) in [6.45, 7) is 10.4.